The fourth-order valence-corrected chi connectivity index (χ4v) is 3.55. The van der Waals surface area contributed by atoms with Crippen molar-refractivity contribution in [3.05, 3.63) is 52.0 Å². The number of ether oxygens (including phenoxy) is 1. The quantitative estimate of drug-likeness (QED) is 0.660. The van der Waals surface area contributed by atoms with E-state index in [9.17, 15) is 0 Å². The number of amidine groups is 1. The molecule has 0 saturated heterocycles. The molecule has 4 rings (SSSR count). The van der Waals surface area contributed by atoms with Crippen LogP contribution in [0.3, 0.4) is 0 Å². The van der Waals surface area contributed by atoms with Crippen LogP contribution in [0.15, 0.2) is 41.4 Å². The Morgan fingerprint density at radius 2 is 1.88 bits per heavy atom. The lowest BCUT2D eigenvalue weighted by Gasteiger charge is -2.07. The summed E-state index contributed by atoms with van der Waals surface area (Å²) in [6.07, 6.45) is 0. The summed E-state index contributed by atoms with van der Waals surface area (Å²) in [6.45, 7) is 1.59. The van der Waals surface area contributed by atoms with Gasteiger partial charge in [0, 0.05) is 22.5 Å². The summed E-state index contributed by atoms with van der Waals surface area (Å²) < 4.78 is 5.24. The van der Waals surface area contributed by atoms with Crippen molar-refractivity contribution in [2.45, 2.75) is 0 Å². The van der Waals surface area contributed by atoms with Gasteiger partial charge >= 0.3 is 0 Å². The summed E-state index contributed by atoms with van der Waals surface area (Å²) in [5.74, 6) is 1.68. The van der Waals surface area contributed by atoms with Crippen LogP contribution in [0, 0.1) is 0 Å². The van der Waals surface area contributed by atoms with Crippen molar-refractivity contribution in [2.75, 3.05) is 20.2 Å². The van der Waals surface area contributed by atoms with Crippen molar-refractivity contribution in [1.82, 2.24) is 10.3 Å². The van der Waals surface area contributed by atoms with Gasteiger partial charge in [-0.1, -0.05) is 23.2 Å². The van der Waals surface area contributed by atoms with Gasteiger partial charge in [0.1, 0.15) is 11.6 Å². The zero-order chi connectivity index (χ0) is 16.7. The lowest BCUT2D eigenvalue weighted by Crippen LogP contribution is -2.19. The van der Waals surface area contributed by atoms with E-state index < -0.39 is 0 Å². The Kier molecular flexibility index (Phi) is 5.13. The summed E-state index contributed by atoms with van der Waals surface area (Å²) in [5.41, 5.74) is 3.85. The van der Waals surface area contributed by atoms with Crippen LogP contribution >= 0.6 is 35.6 Å². The molecule has 0 radical (unpaired) electrons. The highest BCUT2D eigenvalue weighted by atomic mass is 35.5. The number of halogens is 3. The van der Waals surface area contributed by atoms with E-state index in [1.807, 2.05) is 30.3 Å². The van der Waals surface area contributed by atoms with Crippen molar-refractivity contribution in [3.63, 3.8) is 0 Å². The van der Waals surface area contributed by atoms with Gasteiger partial charge < -0.3 is 15.0 Å². The number of benzene rings is 2. The Balaban J connectivity index is 0.00000182. The molecular weight excluding hydrogens is 381 g/mol. The number of hydrogen-bond acceptors (Lipinski definition) is 3. The number of nitrogens with zero attached hydrogens (tertiary/aromatic N) is 1. The molecule has 0 spiro atoms. The van der Waals surface area contributed by atoms with Crippen LogP contribution in [0.4, 0.5) is 0 Å². The number of methoxy groups -OCH3 is 1. The van der Waals surface area contributed by atoms with Gasteiger partial charge in [-0.05, 0) is 42.0 Å². The maximum atomic E-state index is 6.39. The zero-order valence-electron chi connectivity index (χ0n) is 13.4. The molecule has 25 heavy (non-hydrogen) atoms. The minimum atomic E-state index is 0. The molecule has 1 aromatic heterocycles. The highest BCUT2D eigenvalue weighted by Crippen LogP contribution is 2.36. The van der Waals surface area contributed by atoms with Crippen LogP contribution in [-0.4, -0.2) is 31.0 Å². The largest absolute Gasteiger partial charge is 0.497 e. The fraction of sp³-hybridized carbons (Fsp3) is 0.167. The molecule has 0 atom stereocenters. The molecule has 2 aromatic carbocycles. The predicted molar refractivity (Wildman–Crippen MR) is 107 cm³/mol. The third kappa shape index (κ3) is 3.17. The van der Waals surface area contributed by atoms with Crippen LogP contribution in [0.1, 0.15) is 5.56 Å². The van der Waals surface area contributed by atoms with Crippen molar-refractivity contribution in [2.24, 2.45) is 4.99 Å². The van der Waals surface area contributed by atoms with Crippen molar-refractivity contribution in [3.8, 4) is 17.0 Å². The van der Waals surface area contributed by atoms with Gasteiger partial charge in [-0.25, -0.2) is 0 Å². The molecule has 0 fully saturated rings. The molecule has 7 heteroatoms. The van der Waals surface area contributed by atoms with Gasteiger partial charge in [0.2, 0.25) is 0 Å². The molecule has 1 aliphatic rings. The number of aromatic nitrogens is 1. The standard InChI is InChI=1S/C18H15Cl2N3O.ClH/c1-24-12-4-2-10(3-5-12)16-15(18-21-6-7-22-18)13-8-11(19)9-14(20)17(13)23-16;/h2-5,8-9,23H,6-7H2,1H3,(H,21,22);1H. The smallest absolute Gasteiger partial charge is 0.131 e. The van der Waals surface area contributed by atoms with Crippen LogP contribution in [-0.2, 0) is 0 Å². The lowest BCUT2D eigenvalue weighted by atomic mass is 10.0. The van der Waals surface area contributed by atoms with E-state index in [0.717, 1.165) is 52.4 Å². The highest BCUT2D eigenvalue weighted by Gasteiger charge is 2.21. The zero-order valence-corrected chi connectivity index (χ0v) is 15.7. The Morgan fingerprint density at radius 3 is 2.52 bits per heavy atom. The molecule has 1 aliphatic heterocycles. The van der Waals surface area contributed by atoms with Crippen molar-refractivity contribution < 1.29 is 4.74 Å². The number of rotatable bonds is 3. The maximum Gasteiger partial charge on any atom is 0.131 e. The molecule has 4 nitrogen and oxygen atoms in total. The number of aliphatic imine (C=N–C) groups is 1. The average Bonchev–Trinajstić information content (AvgIpc) is 3.22. The first-order valence-electron chi connectivity index (χ1n) is 7.61. The Labute approximate surface area is 161 Å². The first-order chi connectivity index (χ1) is 11.7. The number of hydrogen-bond donors (Lipinski definition) is 2. The monoisotopic (exact) mass is 395 g/mol. The number of nitrogens with one attached hydrogen (secondary N) is 2. The van der Waals surface area contributed by atoms with E-state index in [1.54, 1.807) is 13.2 Å². The second-order valence-corrected chi connectivity index (χ2v) is 6.41. The number of fused-ring (bicyclic) bond motifs is 1. The number of H-pyrrole nitrogens is 1. The van der Waals surface area contributed by atoms with Crippen LogP contribution in [0.5, 0.6) is 5.75 Å². The summed E-state index contributed by atoms with van der Waals surface area (Å²) in [5, 5.41) is 5.51. The molecule has 0 unspecified atom stereocenters. The normalized spacial score (nSPS) is 13.3. The molecular formula is C18H16Cl3N3O. The van der Waals surface area contributed by atoms with Gasteiger partial charge in [-0.3, -0.25) is 4.99 Å². The maximum absolute atomic E-state index is 6.39. The van der Waals surface area contributed by atoms with E-state index in [2.05, 4.69) is 15.3 Å². The van der Waals surface area contributed by atoms with Crippen molar-refractivity contribution in [1.29, 1.82) is 0 Å². The van der Waals surface area contributed by atoms with E-state index in [-0.39, 0.29) is 12.4 Å². The fourth-order valence-electron chi connectivity index (χ4n) is 3.01. The van der Waals surface area contributed by atoms with Crippen LogP contribution in [0.2, 0.25) is 10.0 Å². The van der Waals surface area contributed by atoms with Crippen LogP contribution < -0.4 is 10.1 Å². The first-order valence-corrected chi connectivity index (χ1v) is 8.37. The molecule has 0 amide bonds. The van der Waals surface area contributed by atoms with Crippen LogP contribution in [0.25, 0.3) is 22.2 Å². The summed E-state index contributed by atoms with van der Waals surface area (Å²) in [7, 11) is 1.66. The third-order valence-corrected chi connectivity index (χ3v) is 4.63. The molecule has 130 valence electrons. The Bertz CT molecular complexity index is 948. The molecule has 0 aliphatic carbocycles. The third-order valence-electron chi connectivity index (χ3n) is 4.11. The van der Waals surface area contributed by atoms with Gasteiger partial charge in [0.15, 0.2) is 0 Å². The minimum absolute atomic E-state index is 0. The molecule has 2 N–H and O–H groups in total. The lowest BCUT2D eigenvalue weighted by molar-refractivity contribution is 0.415. The van der Waals surface area contributed by atoms with E-state index in [1.165, 1.54) is 0 Å². The minimum Gasteiger partial charge on any atom is -0.497 e. The number of aromatic amines is 1. The van der Waals surface area contributed by atoms with Gasteiger partial charge in [-0.2, -0.15) is 0 Å². The first kappa shape index (κ1) is 17.9. The van der Waals surface area contributed by atoms with Gasteiger partial charge in [0.05, 0.1) is 29.9 Å². The van der Waals surface area contributed by atoms with E-state index in [4.69, 9.17) is 27.9 Å². The van der Waals surface area contributed by atoms with Gasteiger partial charge in [0.25, 0.3) is 0 Å². The second-order valence-electron chi connectivity index (χ2n) is 5.57. The predicted octanol–water partition coefficient (Wildman–Crippen LogP) is 4.92. The molecule has 2 heterocycles. The average molecular weight is 397 g/mol. The SMILES string of the molecule is COc1ccc(-c2[nH]c3c(Cl)cc(Cl)cc3c2C2=NCCN2)cc1.Cl. The highest BCUT2D eigenvalue weighted by molar-refractivity contribution is 6.39. The summed E-state index contributed by atoms with van der Waals surface area (Å²) in [4.78, 5) is 8.02. The summed E-state index contributed by atoms with van der Waals surface area (Å²) in [6, 6.07) is 11.6. The topological polar surface area (TPSA) is 49.4 Å². The summed E-state index contributed by atoms with van der Waals surface area (Å²) >= 11 is 12.6. The molecule has 0 bridgehead atoms. The van der Waals surface area contributed by atoms with E-state index >= 15 is 0 Å². The van der Waals surface area contributed by atoms with Gasteiger partial charge in [-0.15, -0.1) is 12.4 Å². The second kappa shape index (κ2) is 7.16. The Morgan fingerprint density at radius 1 is 1.12 bits per heavy atom. The molecule has 3 aromatic rings. The Hall–Kier alpha value is -1.88. The molecule has 0 saturated carbocycles. The van der Waals surface area contributed by atoms with Crippen molar-refractivity contribution >= 4 is 52.3 Å². The van der Waals surface area contributed by atoms with E-state index in [0.29, 0.717) is 10.0 Å².